The Hall–Kier alpha value is -1.59. The first kappa shape index (κ1) is 13.8. The van der Waals surface area contributed by atoms with Crippen molar-refractivity contribution in [3.05, 3.63) is 51.9 Å². The second-order valence-corrected chi connectivity index (χ2v) is 5.07. The molecule has 0 aliphatic carbocycles. The number of aryl methyl sites for hydroxylation is 1. The van der Waals surface area contributed by atoms with Gasteiger partial charge in [-0.15, -0.1) is 0 Å². The Labute approximate surface area is 120 Å². The molecule has 1 aromatic heterocycles. The van der Waals surface area contributed by atoms with Crippen LogP contribution < -0.4 is 10.6 Å². The topological polar surface area (TPSA) is 54.3 Å². The number of anilines is 1. The van der Waals surface area contributed by atoms with Gasteiger partial charge in [0.2, 0.25) is 0 Å². The van der Waals surface area contributed by atoms with Gasteiger partial charge in [-0.1, -0.05) is 22.0 Å². The summed E-state index contributed by atoms with van der Waals surface area (Å²) in [7, 11) is 1.83. The summed E-state index contributed by atoms with van der Waals surface area (Å²) in [4.78, 5) is 12.0. The minimum Gasteiger partial charge on any atom is -0.455 e. The van der Waals surface area contributed by atoms with Gasteiger partial charge < -0.3 is 15.1 Å². The molecule has 1 amide bonds. The van der Waals surface area contributed by atoms with E-state index >= 15 is 0 Å². The van der Waals surface area contributed by atoms with Crippen LogP contribution in [0.15, 0.2) is 39.2 Å². The van der Waals surface area contributed by atoms with E-state index < -0.39 is 0 Å². The predicted octanol–water partition coefficient (Wildman–Crippen LogP) is 3.32. The number of rotatable bonds is 4. The van der Waals surface area contributed by atoms with Gasteiger partial charge in [0.15, 0.2) is 5.76 Å². The summed E-state index contributed by atoms with van der Waals surface area (Å²) in [6.45, 7) is 2.59. The van der Waals surface area contributed by atoms with Crippen LogP contribution in [-0.4, -0.2) is 13.0 Å². The zero-order valence-corrected chi connectivity index (χ0v) is 12.4. The van der Waals surface area contributed by atoms with Gasteiger partial charge in [-0.2, -0.15) is 0 Å². The molecule has 0 bridgehead atoms. The molecule has 19 heavy (non-hydrogen) atoms. The van der Waals surface area contributed by atoms with Gasteiger partial charge >= 0.3 is 0 Å². The highest BCUT2D eigenvalue weighted by Crippen LogP contribution is 2.21. The molecule has 0 saturated heterocycles. The number of amides is 1. The van der Waals surface area contributed by atoms with E-state index in [1.54, 1.807) is 12.1 Å². The first-order valence-corrected chi connectivity index (χ1v) is 6.70. The van der Waals surface area contributed by atoms with Gasteiger partial charge in [0.25, 0.3) is 5.91 Å². The summed E-state index contributed by atoms with van der Waals surface area (Å²) >= 11 is 3.43. The number of carbonyl (C=O) groups is 1. The second-order valence-electron chi connectivity index (χ2n) is 4.21. The largest absolute Gasteiger partial charge is 0.455 e. The van der Waals surface area contributed by atoms with Crippen molar-refractivity contribution in [1.82, 2.24) is 5.32 Å². The van der Waals surface area contributed by atoms with E-state index in [-0.39, 0.29) is 5.91 Å². The van der Waals surface area contributed by atoms with Crippen LogP contribution >= 0.6 is 15.9 Å². The van der Waals surface area contributed by atoms with Crippen LogP contribution in [0.3, 0.4) is 0 Å². The highest BCUT2D eigenvalue weighted by Gasteiger charge is 2.11. The number of hydrogen-bond donors (Lipinski definition) is 2. The first-order valence-electron chi connectivity index (χ1n) is 5.91. The molecule has 0 radical (unpaired) electrons. The summed E-state index contributed by atoms with van der Waals surface area (Å²) in [5, 5.41) is 5.77. The average Bonchev–Trinajstić information content (AvgIpc) is 2.83. The third-order valence-corrected chi connectivity index (χ3v) is 3.52. The third kappa shape index (κ3) is 3.45. The second kappa shape index (κ2) is 6.04. The Bertz CT molecular complexity index is 593. The Balaban J connectivity index is 2.09. The van der Waals surface area contributed by atoms with Crippen molar-refractivity contribution in [3.8, 4) is 0 Å². The molecule has 1 heterocycles. The van der Waals surface area contributed by atoms with E-state index in [4.69, 9.17) is 4.42 Å². The smallest absolute Gasteiger partial charge is 0.291 e. The fourth-order valence-electron chi connectivity index (χ4n) is 1.63. The van der Waals surface area contributed by atoms with Gasteiger partial charge in [-0.05, 0) is 43.8 Å². The minimum atomic E-state index is -0.252. The summed E-state index contributed by atoms with van der Waals surface area (Å²) < 4.78 is 6.38. The summed E-state index contributed by atoms with van der Waals surface area (Å²) in [6, 6.07) is 9.12. The van der Waals surface area contributed by atoms with Crippen LogP contribution in [0, 0.1) is 6.92 Å². The number of benzene rings is 1. The normalized spacial score (nSPS) is 10.5. The van der Waals surface area contributed by atoms with Crippen molar-refractivity contribution in [2.24, 2.45) is 0 Å². The van der Waals surface area contributed by atoms with Crippen molar-refractivity contribution in [2.75, 3.05) is 12.4 Å². The van der Waals surface area contributed by atoms with Crippen LogP contribution in [0.5, 0.6) is 0 Å². The molecule has 0 fully saturated rings. The van der Waals surface area contributed by atoms with Crippen LogP contribution in [0.2, 0.25) is 0 Å². The summed E-state index contributed by atoms with van der Waals surface area (Å²) in [6.07, 6.45) is 0. The Morgan fingerprint density at radius 3 is 2.79 bits per heavy atom. The van der Waals surface area contributed by atoms with E-state index in [9.17, 15) is 4.79 Å². The van der Waals surface area contributed by atoms with Crippen LogP contribution in [0.4, 0.5) is 5.69 Å². The van der Waals surface area contributed by atoms with Crippen molar-refractivity contribution in [2.45, 2.75) is 13.5 Å². The van der Waals surface area contributed by atoms with Crippen molar-refractivity contribution in [1.29, 1.82) is 0 Å². The van der Waals surface area contributed by atoms with Gasteiger partial charge in [0.1, 0.15) is 5.76 Å². The molecule has 2 rings (SSSR count). The summed E-state index contributed by atoms with van der Waals surface area (Å²) in [5.41, 5.74) is 1.85. The molecule has 0 unspecified atom stereocenters. The Kier molecular flexibility index (Phi) is 4.39. The zero-order chi connectivity index (χ0) is 13.8. The van der Waals surface area contributed by atoms with E-state index in [2.05, 4.69) is 26.6 Å². The third-order valence-electron chi connectivity index (χ3n) is 2.67. The molecule has 5 heteroatoms. The molecule has 2 aromatic rings. The van der Waals surface area contributed by atoms with Crippen LogP contribution in [0.1, 0.15) is 21.9 Å². The lowest BCUT2D eigenvalue weighted by Gasteiger charge is -2.05. The van der Waals surface area contributed by atoms with Crippen molar-refractivity contribution in [3.63, 3.8) is 0 Å². The standard InChI is InChI=1S/C14H15BrN2O2/c1-9-3-4-10(7-12(9)15)17-14(18)13-6-5-11(19-13)8-16-2/h3-7,16H,8H2,1-2H3,(H,17,18). The quantitative estimate of drug-likeness (QED) is 0.907. The monoisotopic (exact) mass is 322 g/mol. The average molecular weight is 323 g/mol. The predicted molar refractivity (Wildman–Crippen MR) is 78.3 cm³/mol. The van der Waals surface area contributed by atoms with Gasteiger partial charge in [-0.3, -0.25) is 4.79 Å². The molecule has 100 valence electrons. The molecule has 0 aliphatic heterocycles. The molecule has 0 spiro atoms. The van der Waals surface area contributed by atoms with E-state index in [0.717, 1.165) is 21.5 Å². The number of nitrogens with one attached hydrogen (secondary N) is 2. The zero-order valence-electron chi connectivity index (χ0n) is 10.8. The highest BCUT2D eigenvalue weighted by molar-refractivity contribution is 9.10. The lowest BCUT2D eigenvalue weighted by molar-refractivity contribution is 0.0995. The number of carbonyl (C=O) groups excluding carboxylic acids is 1. The molecule has 2 N–H and O–H groups in total. The van der Waals surface area contributed by atoms with E-state index in [0.29, 0.717) is 12.3 Å². The SMILES string of the molecule is CNCc1ccc(C(=O)Nc2ccc(C)c(Br)c2)o1. The lowest BCUT2D eigenvalue weighted by Crippen LogP contribution is -2.11. The molecule has 0 aliphatic rings. The lowest BCUT2D eigenvalue weighted by atomic mass is 10.2. The highest BCUT2D eigenvalue weighted by atomic mass is 79.9. The van der Waals surface area contributed by atoms with Gasteiger partial charge in [0, 0.05) is 10.2 Å². The van der Waals surface area contributed by atoms with Crippen molar-refractivity contribution < 1.29 is 9.21 Å². The minimum absolute atomic E-state index is 0.252. The molecule has 0 atom stereocenters. The maximum atomic E-state index is 12.0. The molecule has 1 aromatic carbocycles. The molecular weight excluding hydrogens is 308 g/mol. The summed E-state index contributed by atoms with van der Waals surface area (Å²) in [5.74, 6) is 0.790. The van der Waals surface area contributed by atoms with Crippen molar-refractivity contribution >= 4 is 27.5 Å². The Morgan fingerprint density at radius 2 is 2.11 bits per heavy atom. The van der Waals surface area contributed by atoms with E-state index in [1.807, 2.05) is 32.2 Å². The van der Waals surface area contributed by atoms with Crippen LogP contribution in [0.25, 0.3) is 0 Å². The maximum Gasteiger partial charge on any atom is 0.291 e. The maximum absolute atomic E-state index is 12.0. The molecule has 4 nitrogen and oxygen atoms in total. The fourth-order valence-corrected chi connectivity index (χ4v) is 2.01. The number of halogens is 1. The van der Waals surface area contributed by atoms with Gasteiger partial charge in [0.05, 0.1) is 6.54 Å². The first-order chi connectivity index (χ1) is 9.10. The fraction of sp³-hybridized carbons (Fsp3) is 0.214. The number of furan rings is 1. The molecule has 0 saturated carbocycles. The van der Waals surface area contributed by atoms with Gasteiger partial charge in [-0.25, -0.2) is 0 Å². The number of hydrogen-bond acceptors (Lipinski definition) is 3. The Morgan fingerprint density at radius 1 is 1.32 bits per heavy atom. The molecular formula is C14H15BrN2O2. The van der Waals surface area contributed by atoms with E-state index in [1.165, 1.54) is 0 Å². The van der Waals surface area contributed by atoms with Crippen LogP contribution in [-0.2, 0) is 6.54 Å².